The van der Waals surface area contributed by atoms with Gasteiger partial charge in [-0.3, -0.25) is 19.5 Å². The van der Waals surface area contributed by atoms with E-state index in [0.717, 1.165) is 25.9 Å². The fraction of sp³-hybridized carbons (Fsp3) is 0.321. The summed E-state index contributed by atoms with van der Waals surface area (Å²) in [6, 6.07) is 19.2. The quantitative estimate of drug-likeness (QED) is 0.617. The van der Waals surface area contributed by atoms with Gasteiger partial charge in [0.05, 0.1) is 18.2 Å². The Balaban J connectivity index is 1.25. The topological polar surface area (TPSA) is 65.5 Å². The lowest BCUT2D eigenvalue weighted by Gasteiger charge is -2.38. The zero-order valence-electron chi connectivity index (χ0n) is 19.5. The van der Waals surface area contributed by atoms with Gasteiger partial charge < -0.3 is 10.2 Å². The highest BCUT2D eigenvalue weighted by atomic mass is 16.2. The van der Waals surface area contributed by atoms with Gasteiger partial charge >= 0.3 is 0 Å². The molecule has 1 unspecified atom stereocenters. The van der Waals surface area contributed by atoms with E-state index in [-0.39, 0.29) is 24.4 Å². The second-order valence-corrected chi connectivity index (χ2v) is 9.00. The van der Waals surface area contributed by atoms with Crippen LogP contribution < -0.4 is 5.32 Å². The molecular formula is C28H30N4O2. The number of benzene rings is 2. The van der Waals surface area contributed by atoms with E-state index in [1.165, 1.54) is 34.0 Å². The minimum absolute atomic E-state index is 0.00318. The average Bonchev–Trinajstić information content (AvgIpc) is 3.21. The summed E-state index contributed by atoms with van der Waals surface area (Å²) in [7, 11) is 0. The average molecular weight is 455 g/mol. The normalized spacial score (nSPS) is 17.2. The molecule has 6 nitrogen and oxygen atoms in total. The molecule has 2 aromatic carbocycles. The molecule has 6 heteroatoms. The highest BCUT2D eigenvalue weighted by Gasteiger charge is 2.35. The van der Waals surface area contributed by atoms with Crippen molar-refractivity contribution in [2.75, 3.05) is 32.7 Å². The van der Waals surface area contributed by atoms with E-state index >= 15 is 0 Å². The van der Waals surface area contributed by atoms with Gasteiger partial charge in [-0.25, -0.2) is 0 Å². The Labute approximate surface area is 200 Å². The molecule has 5 rings (SSSR count). The third kappa shape index (κ3) is 4.33. The summed E-state index contributed by atoms with van der Waals surface area (Å²) in [5, 5.41) is 2.72. The molecule has 2 amide bonds. The Morgan fingerprint density at radius 3 is 2.53 bits per heavy atom. The van der Waals surface area contributed by atoms with Crippen LogP contribution in [0.1, 0.15) is 46.4 Å². The van der Waals surface area contributed by atoms with Gasteiger partial charge in [0.25, 0.3) is 5.91 Å². The fourth-order valence-corrected chi connectivity index (χ4v) is 5.17. The Hall–Kier alpha value is -3.51. The van der Waals surface area contributed by atoms with Gasteiger partial charge in [0.15, 0.2) is 0 Å². The number of aromatic nitrogens is 1. The van der Waals surface area contributed by atoms with E-state index in [1.807, 2.05) is 4.90 Å². The first-order valence-corrected chi connectivity index (χ1v) is 12.1. The van der Waals surface area contributed by atoms with Gasteiger partial charge in [-0.05, 0) is 46.4 Å². The van der Waals surface area contributed by atoms with Crippen molar-refractivity contribution in [3.63, 3.8) is 0 Å². The molecule has 0 saturated carbocycles. The minimum atomic E-state index is -0.276. The van der Waals surface area contributed by atoms with E-state index in [0.29, 0.717) is 18.7 Å². The van der Waals surface area contributed by atoms with Crippen LogP contribution in [0.5, 0.6) is 0 Å². The monoisotopic (exact) mass is 454 g/mol. The fourth-order valence-electron chi connectivity index (χ4n) is 5.17. The lowest BCUT2D eigenvalue weighted by molar-refractivity contribution is -0.132. The summed E-state index contributed by atoms with van der Waals surface area (Å²) >= 11 is 0. The molecule has 174 valence electrons. The van der Waals surface area contributed by atoms with Crippen LogP contribution in [0.3, 0.4) is 0 Å². The van der Waals surface area contributed by atoms with E-state index in [1.54, 1.807) is 18.3 Å². The van der Waals surface area contributed by atoms with Crippen LogP contribution in [0.4, 0.5) is 0 Å². The molecule has 1 aliphatic heterocycles. The molecule has 1 saturated heterocycles. The SMILES string of the molecule is CCCc1ccc2c(c1)C(N1CCN(C(=O)CNC(=O)c3cccnc3)CC1)c1ccccc1-2. The van der Waals surface area contributed by atoms with Crippen LogP contribution in [-0.2, 0) is 11.2 Å². The molecule has 1 N–H and O–H groups in total. The molecule has 0 bridgehead atoms. The predicted octanol–water partition coefficient (Wildman–Crippen LogP) is 3.68. The Morgan fingerprint density at radius 2 is 1.76 bits per heavy atom. The second-order valence-electron chi connectivity index (χ2n) is 9.00. The van der Waals surface area contributed by atoms with Gasteiger partial charge in [0.2, 0.25) is 5.91 Å². The molecule has 34 heavy (non-hydrogen) atoms. The summed E-state index contributed by atoms with van der Waals surface area (Å²) in [5.74, 6) is -0.323. The molecule has 2 aliphatic rings. The minimum Gasteiger partial charge on any atom is -0.343 e. The number of hydrogen-bond acceptors (Lipinski definition) is 4. The van der Waals surface area contributed by atoms with Crippen LogP contribution in [0.15, 0.2) is 67.0 Å². The number of nitrogens with one attached hydrogen (secondary N) is 1. The molecule has 3 aromatic rings. The van der Waals surface area contributed by atoms with Crippen molar-refractivity contribution < 1.29 is 9.59 Å². The molecule has 0 radical (unpaired) electrons. The maximum Gasteiger partial charge on any atom is 0.253 e. The van der Waals surface area contributed by atoms with Crippen molar-refractivity contribution in [2.24, 2.45) is 0 Å². The Bertz CT molecular complexity index is 1190. The summed E-state index contributed by atoms with van der Waals surface area (Å²) in [4.78, 5) is 33.3. The van der Waals surface area contributed by atoms with Crippen molar-refractivity contribution >= 4 is 11.8 Å². The number of pyridine rings is 1. The molecule has 1 aromatic heterocycles. The third-order valence-corrected chi connectivity index (χ3v) is 6.85. The molecule has 1 fully saturated rings. The van der Waals surface area contributed by atoms with Crippen LogP contribution >= 0.6 is 0 Å². The largest absolute Gasteiger partial charge is 0.343 e. The first-order valence-electron chi connectivity index (χ1n) is 12.1. The van der Waals surface area contributed by atoms with E-state index in [2.05, 4.69) is 64.6 Å². The number of rotatable bonds is 6. The maximum atomic E-state index is 12.8. The summed E-state index contributed by atoms with van der Waals surface area (Å²) < 4.78 is 0. The maximum absolute atomic E-state index is 12.8. The number of aryl methyl sites for hydroxylation is 1. The molecule has 1 atom stereocenters. The Morgan fingerprint density at radius 1 is 0.971 bits per heavy atom. The van der Waals surface area contributed by atoms with Gasteiger partial charge in [-0.15, -0.1) is 0 Å². The lowest BCUT2D eigenvalue weighted by atomic mass is 9.98. The Kier molecular flexibility index (Phi) is 6.41. The first kappa shape index (κ1) is 22.3. The van der Waals surface area contributed by atoms with Crippen molar-refractivity contribution in [3.8, 4) is 11.1 Å². The second kappa shape index (κ2) is 9.77. The summed E-state index contributed by atoms with van der Waals surface area (Å²) in [6.45, 7) is 5.14. The summed E-state index contributed by atoms with van der Waals surface area (Å²) in [6.07, 6.45) is 5.34. The predicted molar refractivity (Wildman–Crippen MR) is 132 cm³/mol. The van der Waals surface area contributed by atoms with Gasteiger partial charge in [0.1, 0.15) is 0 Å². The van der Waals surface area contributed by atoms with Crippen molar-refractivity contribution in [2.45, 2.75) is 25.8 Å². The molecule has 1 aliphatic carbocycles. The third-order valence-electron chi connectivity index (χ3n) is 6.85. The number of fused-ring (bicyclic) bond motifs is 3. The lowest BCUT2D eigenvalue weighted by Crippen LogP contribution is -2.51. The van der Waals surface area contributed by atoms with Crippen LogP contribution in [0.2, 0.25) is 0 Å². The number of hydrogen-bond donors (Lipinski definition) is 1. The number of carbonyl (C=O) groups excluding carboxylic acids is 2. The highest BCUT2D eigenvalue weighted by Crippen LogP contribution is 2.46. The van der Waals surface area contributed by atoms with Gasteiger partial charge in [-0.2, -0.15) is 0 Å². The standard InChI is InChI=1S/C28H30N4O2/c1-2-6-20-10-11-23-22-8-3-4-9-24(22)27(25(23)17-20)32-15-13-31(14-16-32)26(33)19-30-28(34)21-7-5-12-29-18-21/h3-5,7-12,17-18,27H,2,6,13-16,19H2,1H3,(H,30,34). The van der Waals surface area contributed by atoms with Crippen LogP contribution in [-0.4, -0.2) is 59.3 Å². The molecule has 2 heterocycles. The van der Waals surface area contributed by atoms with Crippen molar-refractivity contribution in [3.05, 3.63) is 89.2 Å². The number of piperazine rings is 1. The first-order chi connectivity index (χ1) is 16.7. The van der Waals surface area contributed by atoms with Crippen LogP contribution in [0, 0.1) is 0 Å². The summed E-state index contributed by atoms with van der Waals surface area (Å²) in [5.41, 5.74) is 7.24. The number of amides is 2. The van der Waals surface area contributed by atoms with E-state index < -0.39 is 0 Å². The van der Waals surface area contributed by atoms with Crippen molar-refractivity contribution in [1.29, 1.82) is 0 Å². The highest BCUT2D eigenvalue weighted by molar-refractivity contribution is 5.96. The van der Waals surface area contributed by atoms with Gasteiger partial charge in [-0.1, -0.05) is 55.8 Å². The number of carbonyl (C=O) groups is 2. The van der Waals surface area contributed by atoms with Crippen molar-refractivity contribution in [1.82, 2.24) is 20.1 Å². The van der Waals surface area contributed by atoms with E-state index in [4.69, 9.17) is 0 Å². The smallest absolute Gasteiger partial charge is 0.253 e. The zero-order valence-corrected chi connectivity index (χ0v) is 19.5. The van der Waals surface area contributed by atoms with Crippen LogP contribution in [0.25, 0.3) is 11.1 Å². The molecular weight excluding hydrogens is 424 g/mol. The van der Waals surface area contributed by atoms with Gasteiger partial charge in [0, 0.05) is 38.6 Å². The van der Waals surface area contributed by atoms with E-state index in [9.17, 15) is 9.59 Å². The number of nitrogens with zero attached hydrogens (tertiary/aromatic N) is 3. The zero-order chi connectivity index (χ0) is 23.5. The molecule has 0 spiro atoms.